The van der Waals surface area contributed by atoms with Gasteiger partial charge < -0.3 is 20.1 Å². The number of benzene rings is 3. The molecule has 6 nitrogen and oxygen atoms in total. The Balaban J connectivity index is 1.73. The van der Waals surface area contributed by atoms with Crippen LogP contribution in [0.15, 0.2) is 60.7 Å². The molecule has 0 saturated carbocycles. The maximum atomic E-state index is 12.6. The van der Waals surface area contributed by atoms with E-state index in [1.165, 1.54) is 0 Å². The Kier molecular flexibility index (Phi) is 6.26. The van der Waals surface area contributed by atoms with Crippen LogP contribution >= 0.6 is 0 Å². The molecule has 6 heteroatoms. The summed E-state index contributed by atoms with van der Waals surface area (Å²) in [6, 6.07) is 17.2. The SMILES string of the molecule is CC(C)N(C(=O)Oc1ccc(C(=O)Oc2cccc3c(N)cccc23)cc1)C(C)C. The Bertz CT molecular complexity index is 1050. The van der Waals surface area contributed by atoms with Crippen LogP contribution in [0, 0.1) is 0 Å². The number of ether oxygens (including phenoxy) is 2. The lowest BCUT2D eigenvalue weighted by Crippen LogP contribution is -2.43. The van der Waals surface area contributed by atoms with E-state index in [1.807, 2.05) is 45.9 Å². The van der Waals surface area contributed by atoms with Crippen LogP contribution in [0.3, 0.4) is 0 Å². The van der Waals surface area contributed by atoms with Gasteiger partial charge in [-0.05, 0) is 64.1 Å². The molecule has 0 fully saturated rings. The van der Waals surface area contributed by atoms with Crippen molar-refractivity contribution in [2.45, 2.75) is 39.8 Å². The quantitative estimate of drug-likeness (QED) is 0.355. The fourth-order valence-electron chi connectivity index (χ4n) is 3.38. The monoisotopic (exact) mass is 406 g/mol. The molecule has 30 heavy (non-hydrogen) atoms. The summed E-state index contributed by atoms with van der Waals surface area (Å²) in [7, 11) is 0. The molecule has 0 heterocycles. The number of carbonyl (C=O) groups is 2. The van der Waals surface area contributed by atoms with Crippen molar-refractivity contribution >= 4 is 28.5 Å². The van der Waals surface area contributed by atoms with Gasteiger partial charge in [0.2, 0.25) is 0 Å². The molecule has 2 N–H and O–H groups in total. The molecule has 3 rings (SSSR count). The number of anilines is 1. The zero-order valence-electron chi connectivity index (χ0n) is 17.6. The summed E-state index contributed by atoms with van der Waals surface area (Å²) in [4.78, 5) is 26.7. The second-order valence-corrected chi connectivity index (χ2v) is 7.58. The van der Waals surface area contributed by atoms with Gasteiger partial charge in [-0.25, -0.2) is 9.59 Å². The molecule has 1 amide bonds. The van der Waals surface area contributed by atoms with Crippen molar-refractivity contribution in [2.75, 3.05) is 5.73 Å². The average molecular weight is 406 g/mol. The van der Waals surface area contributed by atoms with E-state index in [4.69, 9.17) is 15.2 Å². The third kappa shape index (κ3) is 4.54. The lowest BCUT2D eigenvalue weighted by atomic mass is 10.1. The standard InChI is InChI=1S/C24H26N2O4/c1-15(2)26(16(3)4)24(28)29-18-13-11-17(12-14-18)23(27)30-22-10-6-7-19-20(22)8-5-9-21(19)25/h5-16H,25H2,1-4H3. The smallest absolute Gasteiger partial charge is 0.415 e. The Labute approximate surface area is 176 Å². The molecule has 0 saturated heterocycles. The second kappa shape index (κ2) is 8.86. The molecule has 3 aromatic carbocycles. The minimum atomic E-state index is -0.506. The number of nitrogen functional groups attached to an aromatic ring is 1. The molecule has 0 radical (unpaired) electrons. The van der Waals surface area contributed by atoms with Gasteiger partial charge in [-0.2, -0.15) is 0 Å². The van der Waals surface area contributed by atoms with E-state index in [9.17, 15) is 9.59 Å². The van der Waals surface area contributed by atoms with Crippen LogP contribution < -0.4 is 15.2 Å². The van der Waals surface area contributed by atoms with Gasteiger partial charge in [-0.1, -0.05) is 24.3 Å². The highest BCUT2D eigenvalue weighted by molar-refractivity contribution is 5.99. The van der Waals surface area contributed by atoms with Crippen molar-refractivity contribution in [1.29, 1.82) is 0 Å². The van der Waals surface area contributed by atoms with Gasteiger partial charge >= 0.3 is 12.1 Å². The van der Waals surface area contributed by atoms with Gasteiger partial charge in [-0.3, -0.25) is 0 Å². The summed E-state index contributed by atoms with van der Waals surface area (Å²) < 4.78 is 11.0. The molecule has 0 spiro atoms. The molecular formula is C24H26N2O4. The zero-order chi connectivity index (χ0) is 21.8. The number of carbonyl (C=O) groups excluding carboxylic acids is 2. The number of nitrogens with zero attached hydrogens (tertiary/aromatic N) is 1. The van der Waals surface area contributed by atoms with E-state index in [1.54, 1.807) is 47.4 Å². The largest absolute Gasteiger partial charge is 0.422 e. The fourth-order valence-corrected chi connectivity index (χ4v) is 3.38. The van der Waals surface area contributed by atoms with E-state index in [2.05, 4.69) is 0 Å². The highest BCUT2D eigenvalue weighted by Crippen LogP contribution is 2.30. The summed E-state index contributed by atoms with van der Waals surface area (Å²) in [5.41, 5.74) is 6.96. The van der Waals surface area contributed by atoms with Crippen molar-refractivity contribution in [3.05, 3.63) is 66.2 Å². The van der Waals surface area contributed by atoms with Crippen LogP contribution in [0.2, 0.25) is 0 Å². The first-order valence-electron chi connectivity index (χ1n) is 9.87. The summed E-state index contributed by atoms with van der Waals surface area (Å²) in [5.74, 6) is 0.291. The molecule has 156 valence electrons. The molecule has 0 aromatic heterocycles. The Morgan fingerprint density at radius 2 is 1.40 bits per heavy atom. The van der Waals surface area contributed by atoms with E-state index >= 15 is 0 Å². The lowest BCUT2D eigenvalue weighted by Gasteiger charge is -2.29. The summed E-state index contributed by atoms with van der Waals surface area (Å²) >= 11 is 0. The fraction of sp³-hybridized carbons (Fsp3) is 0.250. The van der Waals surface area contributed by atoms with Crippen molar-refractivity contribution in [3.63, 3.8) is 0 Å². The number of fused-ring (bicyclic) bond motifs is 1. The van der Waals surface area contributed by atoms with Crippen molar-refractivity contribution < 1.29 is 19.1 Å². The molecule has 3 aromatic rings. The van der Waals surface area contributed by atoms with Crippen LogP contribution in [0.25, 0.3) is 10.8 Å². The zero-order valence-corrected chi connectivity index (χ0v) is 17.6. The number of rotatable bonds is 5. The van der Waals surface area contributed by atoms with Gasteiger partial charge in [-0.15, -0.1) is 0 Å². The first kappa shape index (κ1) is 21.2. The average Bonchev–Trinajstić information content (AvgIpc) is 2.68. The maximum Gasteiger partial charge on any atom is 0.415 e. The van der Waals surface area contributed by atoms with E-state index in [-0.39, 0.29) is 12.1 Å². The molecule has 0 bridgehead atoms. The maximum absolute atomic E-state index is 12.6. The van der Waals surface area contributed by atoms with E-state index in [0.717, 1.165) is 10.8 Å². The third-order valence-corrected chi connectivity index (χ3v) is 4.74. The summed E-state index contributed by atoms with van der Waals surface area (Å²) in [6.45, 7) is 7.73. The number of esters is 1. The Hall–Kier alpha value is -3.54. The predicted molar refractivity (Wildman–Crippen MR) is 118 cm³/mol. The number of nitrogens with two attached hydrogens (primary N) is 1. The molecule has 0 unspecified atom stereocenters. The highest BCUT2D eigenvalue weighted by Gasteiger charge is 2.22. The van der Waals surface area contributed by atoms with Gasteiger partial charge in [0.15, 0.2) is 0 Å². The van der Waals surface area contributed by atoms with Crippen molar-refractivity contribution in [2.24, 2.45) is 0 Å². The number of hydrogen-bond donors (Lipinski definition) is 1. The highest BCUT2D eigenvalue weighted by atomic mass is 16.6. The number of hydrogen-bond acceptors (Lipinski definition) is 5. The van der Waals surface area contributed by atoms with Crippen molar-refractivity contribution in [3.8, 4) is 11.5 Å². The van der Waals surface area contributed by atoms with Gasteiger partial charge in [0.25, 0.3) is 0 Å². The van der Waals surface area contributed by atoms with Crippen molar-refractivity contribution in [1.82, 2.24) is 4.90 Å². The molecule has 0 aliphatic rings. The second-order valence-electron chi connectivity index (χ2n) is 7.58. The lowest BCUT2D eigenvalue weighted by molar-refractivity contribution is 0.0737. The molecule has 0 aliphatic heterocycles. The van der Waals surface area contributed by atoms with Gasteiger partial charge in [0, 0.05) is 28.5 Å². The predicted octanol–water partition coefficient (Wildman–Crippen LogP) is 5.26. The first-order valence-corrected chi connectivity index (χ1v) is 9.87. The van der Waals surface area contributed by atoms with Crippen LogP contribution in [0.4, 0.5) is 10.5 Å². The Morgan fingerprint density at radius 3 is 2.03 bits per heavy atom. The third-order valence-electron chi connectivity index (χ3n) is 4.74. The van der Waals surface area contributed by atoms with E-state index in [0.29, 0.717) is 22.7 Å². The van der Waals surface area contributed by atoms with E-state index < -0.39 is 12.1 Å². The first-order chi connectivity index (χ1) is 14.3. The topological polar surface area (TPSA) is 81.9 Å². The van der Waals surface area contributed by atoms with Gasteiger partial charge in [0.1, 0.15) is 11.5 Å². The van der Waals surface area contributed by atoms with Crippen LogP contribution in [-0.4, -0.2) is 29.0 Å². The summed E-state index contributed by atoms with van der Waals surface area (Å²) in [5, 5.41) is 1.59. The Morgan fingerprint density at radius 1 is 0.800 bits per heavy atom. The van der Waals surface area contributed by atoms with Crippen LogP contribution in [0.1, 0.15) is 38.1 Å². The van der Waals surface area contributed by atoms with Crippen LogP contribution in [0.5, 0.6) is 11.5 Å². The normalized spacial score (nSPS) is 11.0. The molecule has 0 aliphatic carbocycles. The minimum Gasteiger partial charge on any atom is -0.422 e. The molecular weight excluding hydrogens is 380 g/mol. The van der Waals surface area contributed by atoms with Crippen LogP contribution in [-0.2, 0) is 0 Å². The number of amides is 1. The molecule has 0 atom stereocenters. The minimum absolute atomic E-state index is 0.0153. The summed E-state index contributed by atoms with van der Waals surface area (Å²) in [6.07, 6.45) is -0.427. The van der Waals surface area contributed by atoms with Gasteiger partial charge in [0.05, 0.1) is 5.56 Å².